The summed E-state index contributed by atoms with van der Waals surface area (Å²) >= 11 is 1.23. The van der Waals surface area contributed by atoms with Crippen LogP contribution in [0, 0.1) is 11.7 Å². The van der Waals surface area contributed by atoms with Crippen LogP contribution < -0.4 is 10.9 Å². The Bertz CT molecular complexity index is 1350. The number of carbonyl (C=O) groups excluding carboxylic acids is 1. The highest BCUT2D eigenvalue weighted by molar-refractivity contribution is 8.00. The van der Waals surface area contributed by atoms with E-state index in [1.807, 2.05) is 22.6 Å². The number of aromatic nitrogens is 4. The van der Waals surface area contributed by atoms with E-state index in [4.69, 9.17) is 0 Å². The van der Waals surface area contributed by atoms with E-state index in [-0.39, 0.29) is 11.5 Å². The van der Waals surface area contributed by atoms with Crippen molar-refractivity contribution >= 4 is 40.0 Å². The molecule has 0 bridgehead atoms. The summed E-state index contributed by atoms with van der Waals surface area (Å²) in [4.78, 5) is 25.8. The highest BCUT2D eigenvalue weighted by atomic mass is 32.2. The standard InChI is InChI=1S/C23H24FN5O2S/c1-14(2)11-12-28-21(31)18-9-4-5-10-19(18)29-22(28)26-27-23(29)32-15(3)20(30)25-17-8-6-7-16(24)13-17/h4-10,13-15H,11-12H2,1-3H3,(H,25,30). The van der Waals surface area contributed by atoms with E-state index in [1.165, 1.54) is 30.0 Å². The van der Waals surface area contributed by atoms with Crippen LogP contribution in [0.4, 0.5) is 10.1 Å². The molecule has 4 aromatic rings. The van der Waals surface area contributed by atoms with Gasteiger partial charge < -0.3 is 5.32 Å². The Kier molecular flexibility index (Phi) is 6.27. The van der Waals surface area contributed by atoms with Crippen LogP contribution in [0.3, 0.4) is 0 Å². The van der Waals surface area contributed by atoms with Crippen molar-refractivity contribution in [2.45, 2.75) is 44.1 Å². The molecule has 2 aromatic carbocycles. The number of para-hydroxylation sites is 1. The average Bonchev–Trinajstić information content (AvgIpc) is 3.17. The molecule has 1 amide bonds. The van der Waals surface area contributed by atoms with Crippen LogP contribution in [0.1, 0.15) is 27.2 Å². The van der Waals surface area contributed by atoms with Crippen LogP contribution in [0.5, 0.6) is 0 Å². The predicted octanol–water partition coefficient (Wildman–Crippen LogP) is 4.35. The van der Waals surface area contributed by atoms with Gasteiger partial charge in [0.15, 0.2) is 5.16 Å². The number of carbonyl (C=O) groups is 1. The fourth-order valence-corrected chi connectivity index (χ4v) is 4.28. The molecule has 0 spiro atoms. The van der Waals surface area contributed by atoms with E-state index >= 15 is 0 Å². The van der Waals surface area contributed by atoms with E-state index in [1.54, 1.807) is 23.6 Å². The first-order valence-corrected chi connectivity index (χ1v) is 11.3. The minimum absolute atomic E-state index is 0.102. The van der Waals surface area contributed by atoms with E-state index in [0.29, 0.717) is 40.0 Å². The van der Waals surface area contributed by atoms with Gasteiger partial charge in [-0.3, -0.25) is 18.6 Å². The van der Waals surface area contributed by atoms with E-state index in [9.17, 15) is 14.0 Å². The number of halogens is 1. The van der Waals surface area contributed by atoms with Crippen molar-refractivity contribution in [1.29, 1.82) is 0 Å². The summed E-state index contributed by atoms with van der Waals surface area (Å²) in [5.41, 5.74) is 0.981. The van der Waals surface area contributed by atoms with Crippen molar-refractivity contribution in [2.75, 3.05) is 5.32 Å². The lowest BCUT2D eigenvalue weighted by Crippen LogP contribution is -2.25. The quantitative estimate of drug-likeness (QED) is 0.421. The zero-order valence-corrected chi connectivity index (χ0v) is 18.9. The molecule has 32 heavy (non-hydrogen) atoms. The molecule has 0 saturated heterocycles. The molecule has 0 radical (unpaired) electrons. The summed E-state index contributed by atoms with van der Waals surface area (Å²) in [6, 6.07) is 13.1. The van der Waals surface area contributed by atoms with Crippen molar-refractivity contribution in [3.8, 4) is 0 Å². The highest BCUT2D eigenvalue weighted by Crippen LogP contribution is 2.26. The third-order valence-electron chi connectivity index (χ3n) is 5.15. The molecule has 1 N–H and O–H groups in total. The molecular formula is C23H24FN5O2S. The molecule has 0 aliphatic heterocycles. The molecular weight excluding hydrogens is 429 g/mol. The molecule has 166 valence electrons. The number of thioether (sulfide) groups is 1. The van der Waals surface area contributed by atoms with Crippen LogP contribution in [0.25, 0.3) is 16.7 Å². The Morgan fingerprint density at radius 2 is 1.91 bits per heavy atom. The van der Waals surface area contributed by atoms with Gasteiger partial charge in [0.1, 0.15) is 5.82 Å². The molecule has 1 unspecified atom stereocenters. The van der Waals surface area contributed by atoms with Gasteiger partial charge >= 0.3 is 0 Å². The fourth-order valence-electron chi connectivity index (χ4n) is 3.42. The summed E-state index contributed by atoms with van der Waals surface area (Å²) in [6.45, 7) is 6.49. The molecule has 0 fully saturated rings. The SMILES string of the molecule is CC(C)CCn1c(=O)c2ccccc2n2c(SC(C)C(=O)Nc3cccc(F)c3)nnc12. The third-order valence-corrected chi connectivity index (χ3v) is 6.19. The Hall–Kier alpha value is -3.20. The van der Waals surface area contributed by atoms with Gasteiger partial charge in [-0.25, -0.2) is 4.39 Å². The number of hydrogen-bond donors (Lipinski definition) is 1. The second-order valence-electron chi connectivity index (χ2n) is 8.03. The zero-order chi connectivity index (χ0) is 22.8. The number of anilines is 1. The molecule has 0 aliphatic carbocycles. The lowest BCUT2D eigenvalue weighted by atomic mass is 10.1. The number of nitrogens with one attached hydrogen (secondary N) is 1. The smallest absolute Gasteiger partial charge is 0.262 e. The van der Waals surface area contributed by atoms with Crippen LogP contribution in [0.2, 0.25) is 0 Å². The number of rotatable bonds is 7. The first kappa shape index (κ1) is 22.0. The number of nitrogens with zero attached hydrogens (tertiary/aromatic N) is 4. The Labute approximate surface area is 188 Å². The normalized spacial score (nSPS) is 12.5. The number of amides is 1. The van der Waals surface area contributed by atoms with E-state index in [2.05, 4.69) is 29.4 Å². The third kappa shape index (κ3) is 4.38. The minimum Gasteiger partial charge on any atom is -0.325 e. The van der Waals surface area contributed by atoms with Gasteiger partial charge in [0.2, 0.25) is 11.7 Å². The lowest BCUT2D eigenvalue weighted by molar-refractivity contribution is -0.115. The summed E-state index contributed by atoms with van der Waals surface area (Å²) in [7, 11) is 0. The van der Waals surface area contributed by atoms with Crippen molar-refractivity contribution in [3.63, 3.8) is 0 Å². The van der Waals surface area contributed by atoms with E-state index < -0.39 is 11.1 Å². The minimum atomic E-state index is -0.527. The molecule has 0 saturated carbocycles. The van der Waals surface area contributed by atoms with Gasteiger partial charge in [-0.2, -0.15) is 0 Å². The topological polar surface area (TPSA) is 81.3 Å². The summed E-state index contributed by atoms with van der Waals surface area (Å²) < 4.78 is 16.9. The maximum Gasteiger partial charge on any atom is 0.262 e. The molecule has 0 aliphatic rings. The molecule has 2 heterocycles. The van der Waals surface area contributed by atoms with Gasteiger partial charge in [-0.15, -0.1) is 10.2 Å². The second-order valence-corrected chi connectivity index (χ2v) is 9.34. The Balaban J connectivity index is 1.70. The van der Waals surface area contributed by atoms with Crippen molar-refractivity contribution < 1.29 is 9.18 Å². The lowest BCUT2D eigenvalue weighted by Gasteiger charge is -2.14. The maximum atomic E-state index is 13.4. The number of hydrogen-bond acceptors (Lipinski definition) is 5. The molecule has 2 aromatic heterocycles. The summed E-state index contributed by atoms with van der Waals surface area (Å²) in [5.74, 6) is 0.179. The predicted molar refractivity (Wildman–Crippen MR) is 125 cm³/mol. The van der Waals surface area contributed by atoms with Gasteiger partial charge in [0.25, 0.3) is 5.56 Å². The van der Waals surface area contributed by atoms with Crippen molar-refractivity contribution in [2.24, 2.45) is 5.92 Å². The largest absolute Gasteiger partial charge is 0.325 e. The number of benzene rings is 2. The fraction of sp³-hybridized carbons (Fsp3) is 0.304. The maximum absolute atomic E-state index is 13.4. The molecule has 7 nitrogen and oxygen atoms in total. The van der Waals surface area contributed by atoms with Crippen LogP contribution >= 0.6 is 11.8 Å². The highest BCUT2D eigenvalue weighted by Gasteiger charge is 2.22. The van der Waals surface area contributed by atoms with Crippen LogP contribution in [0.15, 0.2) is 58.5 Å². The zero-order valence-electron chi connectivity index (χ0n) is 18.1. The second kappa shape index (κ2) is 9.12. The molecule has 9 heteroatoms. The Morgan fingerprint density at radius 1 is 1.12 bits per heavy atom. The van der Waals surface area contributed by atoms with Crippen LogP contribution in [-0.2, 0) is 11.3 Å². The Morgan fingerprint density at radius 3 is 2.66 bits per heavy atom. The monoisotopic (exact) mass is 453 g/mol. The number of fused-ring (bicyclic) bond motifs is 3. The summed E-state index contributed by atoms with van der Waals surface area (Å²) in [6.07, 6.45) is 0.829. The number of aryl methyl sites for hydroxylation is 1. The van der Waals surface area contributed by atoms with Gasteiger partial charge in [0, 0.05) is 12.2 Å². The van der Waals surface area contributed by atoms with Gasteiger partial charge in [-0.05, 0) is 49.6 Å². The first-order chi connectivity index (χ1) is 15.3. The van der Waals surface area contributed by atoms with Crippen molar-refractivity contribution in [1.82, 2.24) is 19.2 Å². The first-order valence-electron chi connectivity index (χ1n) is 10.4. The molecule has 4 rings (SSSR count). The summed E-state index contributed by atoms with van der Waals surface area (Å²) in [5, 5.41) is 11.9. The van der Waals surface area contributed by atoms with Gasteiger partial charge in [-0.1, -0.05) is 43.8 Å². The van der Waals surface area contributed by atoms with Crippen molar-refractivity contribution in [3.05, 3.63) is 64.7 Å². The molecule has 1 atom stereocenters. The van der Waals surface area contributed by atoms with Crippen LogP contribution in [-0.4, -0.2) is 30.3 Å². The van der Waals surface area contributed by atoms with Gasteiger partial charge in [0.05, 0.1) is 16.2 Å². The average molecular weight is 454 g/mol. The van der Waals surface area contributed by atoms with E-state index in [0.717, 1.165) is 6.42 Å².